The van der Waals surface area contributed by atoms with Crippen molar-refractivity contribution in [2.45, 2.75) is 6.42 Å². The molecule has 10 heavy (non-hydrogen) atoms. The van der Waals surface area contributed by atoms with Gasteiger partial charge in [-0.2, -0.15) is 0 Å². The molecule has 1 atom stereocenters. The Morgan fingerprint density at radius 3 is 2.50 bits per heavy atom. The first-order valence-corrected chi connectivity index (χ1v) is 7.53. The van der Waals surface area contributed by atoms with E-state index in [-0.39, 0.29) is 0 Å². The molecule has 0 aliphatic carbocycles. The molecular formula is C8H10PTb. The molecule has 1 rings (SSSR count). The van der Waals surface area contributed by atoms with Crippen molar-refractivity contribution in [2.24, 2.45) is 0 Å². The van der Waals surface area contributed by atoms with E-state index in [1.807, 2.05) is 0 Å². The maximum absolute atomic E-state index is 2.25. The second kappa shape index (κ2) is 5.57. The van der Waals surface area contributed by atoms with Crippen LogP contribution in [0.4, 0.5) is 0 Å². The zero-order valence-electron chi connectivity index (χ0n) is 5.63. The van der Waals surface area contributed by atoms with Gasteiger partial charge in [-0.15, -0.1) is 0 Å². The number of hydrogen-bond donors (Lipinski definition) is 0. The number of aryl methyl sites for hydroxylation is 1. The average Bonchev–Trinajstić information content (AvgIpc) is 2.03. The summed E-state index contributed by atoms with van der Waals surface area (Å²) < 4.78 is 1.08. The zero-order valence-corrected chi connectivity index (χ0v) is 8.77. The summed E-state index contributed by atoms with van der Waals surface area (Å²) >= 11 is 2.25. The third-order valence-corrected chi connectivity index (χ3v) is 3.36. The Morgan fingerprint density at radius 2 is 1.90 bits per heavy atom. The van der Waals surface area contributed by atoms with Crippen LogP contribution in [0, 0.1) is 35.9 Å². The second-order valence-corrected chi connectivity index (χ2v) is 5.11. The van der Waals surface area contributed by atoms with E-state index in [0.717, 1.165) is 3.85 Å². The second-order valence-electron chi connectivity index (χ2n) is 2.10. The van der Waals surface area contributed by atoms with Crippen molar-refractivity contribution < 1.29 is 35.9 Å². The van der Waals surface area contributed by atoms with Crippen LogP contribution in [0.15, 0.2) is 30.3 Å². The molecule has 0 nitrogen and oxygen atoms in total. The molecule has 0 spiro atoms. The van der Waals surface area contributed by atoms with Gasteiger partial charge in [0.1, 0.15) is 0 Å². The van der Waals surface area contributed by atoms with Gasteiger partial charge in [0.25, 0.3) is 0 Å². The fourth-order valence-electron chi connectivity index (χ4n) is 0.831. The van der Waals surface area contributed by atoms with Crippen LogP contribution in [0.5, 0.6) is 0 Å². The summed E-state index contributed by atoms with van der Waals surface area (Å²) in [6.07, 6.45) is 2.58. The Hall–Kier alpha value is 0.936. The predicted octanol–water partition coefficient (Wildman–Crippen LogP) is 2.37. The normalized spacial score (nSPS) is 11.0. The predicted molar refractivity (Wildman–Crippen MR) is 43.3 cm³/mol. The van der Waals surface area contributed by atoms with Crippen LogP contribution in [0.2, 0.25) is 0 Å². The van der Waals surface area contributed by atoms with Crippen molar-refractivity contribution >= 4 is 3.85 Å². The first-order valence-electron chi connectivity index (χ1n) is 3.28. The van der Waals surface area contributed by atoms with Gasteiger partial charge in [-0.1, -0.05) is 0 Å². The summed E-state index contributed by atoms with van der Waals surface area (Å²) in [5.41, 5.74) is 1.47. The van der Waals surface area contributed by atoms with Crippen molar-refractivity contribution in [1.29, 1.82) is 0 Å². The van der Waals surface area contributed by atoms with Crippen LogP contribution in [-0.4, -0.2) is 6.16 Å². The molecule has 0 aliphatic heterocycles. The van der Waals surface area contributed by atoms with E-state index in [4.69, 9.17) is 0 Å². The molecule has 0 bridgehead atoms. The van der Waals surface area contributed by atoms with E-state index >= 15 is 0 Å². The molecule has 0 radical (unpaired) electrons. The van der Waals surface area contributed by atoms with E-state index in [2.05, 4.69) is 66.2 Å². The monoisotopic (exact) mass is 296 g/mol. The zero-order chi connectivity index (χ0) is 7.23. The van der Waals surface area contributed by atoms with Crippen LogP contribution in [0.1, 0.15) is 5.56 Å². The molecule has 1 aromatic rings. The molecule has 1 aromatic carbocycles. The summed E-state index contributed by atoms with van der Waals surface area (Å²) in [6.45, 7) is 0. The maximum atomic E-state index is 2.25. The van der Waals surface area contributed by atoms with Gasteiger partial charge in [0, 0.05) is 0 Å². The first kappa shape index (κ1) is 9.03. The van der Waals surface area contributed by atoms with Gasteiger partial charge in [-0.3, -0.25) is 0 Å². The van der Waals surface area contributed by atoms with Gasteiger partial charge < -0.3 is 0 Å². The molecule has 56 valence electrons. The van der Waals surface area contributed by atoms with Crippen LogP contribution < -0.4 is 0 Å². The molecule has 1 unspecified atom stereocenters. The number of rotatable bonds is 3. The van der Waals surface area contributed by atoms with Gasteiger partial charge in [-0.05, 0) is 0 Å². The standard InChI is InChI=1S/C8H10P.Tb/c9-7-6-8-4-2-1-3-5-8;/h1-5,9H,6-7H2;/q-1;+1. The SMILES string of the molecule is [Tb][PH]CCc1ccccc1. The van der Waals surface area contributed by atoms with Crippen molar-refractivity contribution in [3.05, 3.63) is 35.9 Å². The van der Waals surface area contributed by atoms with Crippen molar-refractivity contribution in [3.63, 3.8) is 0 Å². The van der Waals surface area contributed by atoms with E-state index < -0.39 is 0 Å². The van der Waals surface area contributed by atoms with Gasteiger partial charge in [0.2, 0.25) is 0 Å². The minimum atomic E-state index is 1.08. The topological polar surface area (TPSA) is 0 Å². The van der Waals surface area contributed by atoms with Crippen LogP contribution in [-0.2, 0) is 6.42 Å². The third kappa shape index (κ3) is 3.36. The minimum absolute atomic E-state index is 1.08. The Bertz CT molecular complexity index is 174. The summed E-state index contributed by atoms with van der Waals surface area (Å²) in [6, 6.07) is 10.7. The van der Waals surface area contributed by atoms with Crippen molar-refractivity contribution in [2.75, 3.05) is 6.16 Å². The fourth-order valence-corrected chi connectivity index (χ4v) is 2.00. The van der Waals surface area contributed by atoms with Gasteiger partial charge in [-0.25, -0.2) is 0 Å². The van der Waals surface area contributed by atoms with Crippen LogP contribution in [0.25, 0.3) is 0 Å². The molecule has 2 heteroatoms. The number of hydrogen-bond acceptors (Lipinski definition) is 0. The summed E-state index contributed by atoms with van der Waals surface area (Å²) in [5, 5.41) is 0. The summed E-state index contributed by atoms with van der Waals surface area (Å²) in [5.74, 6) is 0. The molecule has 0 heterocycles. The quantitative estimate of drug-likeness (QED) is 0.751. The van der Waals surface area contributed by atoms with E-state index in [0.29, 0.717) is 0 Å². The first-order chi connectivity index (χ1) is 4.93. The summed E-state index contributed by atoms with van der Waals surface area (Å²) in [4.78, 5) is 0. The van der Waals surface area contributed by atoms with Gasteiger partial charge >= 0.3 is 88.2 Å². The Labute approximate surface area is 87.3 Å². The van der Waals surface area contributed by atoms with E-state index in [1.54, 1.807) is 0 Å². The van der Waals surface area contributed by atoms with Crippen molar-refractivity contribution in [3.8, 4) is 0 Å². The molecule has 0 saturated heterocycles. The van der Waals surface area contributed by atoms with Crippen molar-refractivity contribution in [1.82, 2.24) is 0 Å². The molecule has 0 amide bonds. The van der Waals surface area contributed by atoms with Crippen LogP contribution in [0.3, 0.4) is 0 Å². The van der Waals surface area contributed by atoms with E-state index in [1.165, 1.54) is 18.1 Å². The fraction of sp³-hybridized carbons (Fsp3) is 0.250. The van der Waals surface area contributed by atoms with E-state index in [9.17, 15) is 0 Å². The molecule has 0 aliphatic rings. The third-order valence-electron chi connectivity index (χ3n) is 1.34. The average molecular weight is 296 g/mol. The Balaban J connectivity index is 2.43. The molecule has 0 aromatic heterocycles. The van der Waals surface area contributed by atoms with Crippen LogP contribution >= 0.6 is 3.85 Å². The molecule has 0 saturated carbocycles. The Kier molecular flexibility index (Phi) is 5.03. The number of benzene rings is 1. The molecule has 0 N–H and O–H groups in total. The molecule has 0 fully saturated rings. The molecular weight excluding hydrogens is 286 g/mol. The Morgan fingerprint density at radius 1 is 1.20 bits per heavy atom. The van der Waals surface area contributed by atoms with Gasteiger partial charge in [0.05, 0.1) is 0 Å². The van der Waals surface area contributed by atoms with Gasteiger partial charge in [0.15, 0.2) is 0 Å². The summed E-state index contributed by atoms with van der Waals surface area (Å²) in [7, 11) is 0.